The number of fused-ring (bicyclic) bond motifs is 2. The van der Waals surface area contributed by atoms with E-state index < -0.39 is 6.29 Å². The predicted molar refractivity (Wildman–Crippen MR) is 81.6 cm³/mol. The van der Waals surface area contributed by atoms with Crippen LogP contribution in [-0.2, 0) is 19.0 Å². The van der Waals surface area contributed by atoms with Gasteiger partial charge in [-0.1, -0.05) is 48.5 Å². The van der Waals surface area contributed by atoms with E-state index in [-0.39, 0.29) is 12.8 Å². The lowest BCUT2D eigenvalue weighted by Crippen LogP contribution is -2.29. The van der Waals surface area contributed by atoms with Gasteiger partial charge in [0.2, 0.25) is 6.29 Å². The SMILES string of the molecule is O=C1OC2OCOC3=c4ccccc4=c4ccccc4=CC1=C32. The molecule has 1 unspecified atom stereocenters. The Morgan fingerprint density at radius 3 is 2.52 bits per heavy atom. The Balaban J connectivity index is 2.11. The molecule has 0 bridgehead atoms. The van der Waals surface area contributed by atoms with E-state index in [1.165, 1.54) is 0 Å². The van der Waals surface area contributed by atoms with Crippen molar-refractivity contribution in [2.75, 3.05) is 6.79 Å². The first-order valence-electron chi connectivity index (χ1n) is 7.43. The molecule has 2 aromatic carbocycles. The van der Waals surface area contributed by atoms with Gasteiger partial charge >= 0.3 is 5.97 Å². The maximum Gasteiger partial charge on any atom is 0.341 e. The number of ether oxygens (including phenoxy) is 3. The number of esters is 1. The number of carbonyl (C=O) groups is 1. The lowest BCUT2D eigenvalue weighted by molar-refractivity contribution is -0.179. The minimum absolute atomic E-state index is 0.0695. The fourth-order valence-corrected chi connectivity index (χ4v) is 3.33. The summed E-state index contributed by atoms with van der Waals surface area (Å²) in [4.78, 5) is 12.3. The highest BCUT2D eigenvalue weighted by Gasteiger charge is 2.40. The highest BCUT2D eigenvalue weighted by atomic mass is 16.8. The van der Waals surface area contributed by atoms with Crippen molar-refractivity contribution < 1.29 is 19.0 Å². The zero-order valence-electron chi connectivity index (χ0n) is 12.1. The van der Waals surface area contributed by atoms with Crippen molar-refractivity contribution in [2.24, 2.45) is 0 Å². The average Bonchev–Trinajstić information content (AvgIpc) is 2.90. The number of rotatable bonds is 0. The van der Waals surface area contributed by atoms with Crippen molar-refractivity contribution in [3.05, 3.63) is 80.6 Å². The molecule has 1 fully saturated rings. The highest BCUT2D eigenvalue weighted by molar-refractivity contribution is 6.04. The van der Waals surface area contributed by atoms with Crippen LogP contribution in [0.25, 0.3) is 11.8 Å². The first-order chi connectivity index (χ1) is 11.3. The summed E-state index contributed by atoms with van der Waals surface area (Å²) >= 11 is 0. The fraction of sp³-hybridized carbons (Fsp3) is 0.105. The van der Waals surface area contributed by atoms with Crippen molar-refractivity contribution in [1.82, 2.24) is 0 Å². The Morgan fingerprint density at radius 2 is 1.65 bits per heavy atom. The minimum Gasteiger partial charge on any atom is -0.466 e. The zero-order chi connectivity index (χ0) is 15.4. The zero-order valence-corrected chi connectivity index (χ0v) is 12.1. The third kappa shape index (κ3) is 1.72. The smallest absolute Gasteiger partial charge is 0.341 e. The van der Waals surface area contributed by atoms with Crippen molar-refractivity contribution in [2.45, 2.75) is 6.29 Å². The van der Waals surface area contributed by atoms with Gasteiger partial charge in [0.15, 0.2) is 6.79 Å². The summed E-state index contributed by atoms with van der Waals surface area (Å²) in [5.41, 5.74) is 1.19. The van der Waals surface area contributed by atoms with Gasteiger partial charge in [0.05, 0.1) is 11.1 Å². The number of hydrogen-bond acceptors (Lipinski definition) is 4. The first kappa shape index (κ1) is 12.7. The normalized spacial score (nSPS) is 21.1. The third-order valence-electron chi connectivity index (χ3n) is 4.35. The van der Waals surface area contributed by atoms with Gasteiger partial charge in [0, 0.05) is 5.22 Å². The number of hydrogen-bond donors (Lipinski definition) is 0. The second-order valence-corrected chi connectivity index (χ2v) is 5.60. The monoisotopic (exact) mass is 304 g/mol. The Bertz CT molecular complexity index is 1090. The molecule has 1 atom stereocenters. The van der Waals surface area contributed by atoms with Gasteiger partial charge in [-0.05, 0) is 21.7 Å². The molecule has 2 heterocycles. The molecule has 5 rings (SSSR count). The van der Waals surface area contributed by atoms with Crippen molar-refractivity contribution in [1.29, 1.82) is 0 Å². The van der Waals surface area contributed by atoms with E-state index in [1.54, 1.807) is 0 Å². The largest absolute Gasteiger partial charge is 0.466 e. The van der Waals surface area contributed by atoms with Crippen LogP contribution in [0.4, 0.5) is 0 Å². The summed E-state index contributed by atoms with van der Waals surface area (Å²) in [7, 11) is 0. The molecular formula is C19H12O4. The quantitative estimate of drug-likeness (QED) is 0.683. The standard InChI is InChI=1S/C19H12O4/c20-18-15-9-11-5-1-2-6-12(11)13-7-3-4-8-14(13)17-16(15)19(23-18)22-10-21-17/h1-9,19H,10H2. The Hall–Kier alpha value is -2.85. The van der Waals surface area contributed by atoms with Crippen LogP contribution in [0.15, 0.2) is 59.7 Å². The Kier molecular flexibility index (Phi) is 2.52. The van der Waals surface area contributed by atoms with E-state index in [0.29, 0.717) is 16.9 Å². The molecular weight excluding hydrogens is 292 g/mol. The molecule has 0 spiro atoms. The molecule has 2 aromatic rings. The number of carbonyl (C=O) groups excluding carboxylic acids is 1. The van der Waals surface area contributed by atoms with Crippen LogP contribution in [0.5, 0.6) is 0 Å². The molecule has 0 amide bonds. The molecule has 1 saturated heterocycles. The second kappa shape index (κ2) is 4.57. The molecule has 0 radical (unpaired) electrons. The van der Waals surface area contributed by atoms with Gasteiger partial charge in [0.25, 0.3) is 0 Å². The summed E-state index contributed by atoms with van der Waals surface area (Å²) in [6.07, 6.45) is 1.18. The van der Waals surface area contributed by atoms with Crippen LogP contribution in [-0.4, -0.2) is 19.1 Å². The lowest BCUT2D eigenvalue weighted by atomic mass is 9.99. The van der Waals surface area contributed by atoms with E-state index in [1.807, 2.05) is 48.5 Å². The topological polar surface area (TPSA) is 44.8 Å². The molecule has 0 saturated carbocycles. The molecule has 3 aliphatic rings. The summed E-state index contributed by atoms with van der Waals surface area (Å²) in [5.74, 6) is 0.297. The molecule has 112 valence electrons. The maximum atomic E-state index is 12.3. The molecule has 0 N–H and O–H groups in total. The summed E-state index contributed by atoms with van der Waals surface area (Å²) in [6.45, 7) is 0.0695. The Labute approximate surface area is 131 Å². The maximum absolute atomic E-state index is 12.3. The van der Waals surface area contributed by atoms with Crippen LogP contribution >= 0.6 is 0 Å². The van der Waals surface area contributed by atoms with E-state index in [9.17, 15) is 4.79 Å². The van der Waals surface area contributed by atoms with Crippen molar-refractivity contribution in [3.63, 3.8) is 0 Å². The average molecular weight is 304 g/mol. The summed E-state index contributed by atoms with van der Waals surface area (Å²) in [5, 5.41) is 4.06. The van der Waals surface area contributed by atoms with E-state index in [2.05, 4.69) is 6.07 Å². The molecule has 0 aromatic heterocycles. The van der Waals surface area contributed by atoms with Crippen molar-refractivity contribution in [3.8, 4) is 0 Å². The Morgan fingerprint density at radius 1 is 0.913 bits per heavy atom. The van der Waals surface area contributed by atoms with Gasteiger partial charge in [-0.25, -0.2) is 4.79 Å². The van der Waals surface area contributed by atoms with Gasteiger partial charge < -0.3 is 14.2 Å². The van der Waals surface area contributed by atoms with Crippen LogP contribution < -0.4 is 10.4 Å². The van der Waals surface area contributed by atoms with Crippen LogP contribution in [0.2, 0.25) is 0 Å². The highest BCUT2D eigenvalue weighted by Crippen LogP contribution is 2.34. The third-order valence-corrected chi connectivity index (χ3v) is 4.35. The fourth-order valence-electron chi connectivity index (χ4n) is 3.33. The number of benzene rings is 2. The molecule has 4 nitrogen and oxygen atoms in total. The molecule has 2 aliphatic heterocycles. The van der Waals surface area contributed by atoms with Gasteiger partial charge in [-0.15, -0.1) is 0 Å². The lowest BCUT2D eigenvalue weighted by Gasteiger charge is -2.24. The van der Waals surface area contributed by atoms with Crippen LogP contribution in [0.3, 0.4) is 0 Å². The molecule has 23 heavy (non-hydrogen) atoms. The molecule has 4 heteroatoms. The minimum atomic E-state index is -0.684. The predicted octanol–water partition coefficient (Wildman–Crippen LogP) is 1.06. The first-order valence-corrected chi connectivity index (χ1v) is 7.43. The summed E-state index contributed by atoms with van der Waals surface area (Å²) in [6, 6.07) is 16.0. The van der Waals surface area contributed by atoms with Gasteiger partial charge in [-0.3, -0.25) is 0 Å². The van der Waals surface area contributed by atoms with E-state index >= 15 is 0 Å². The summed E-state index contributed by atoms with van der Waals surface area (Å²) < 4.78 is 16.6. The molecule has 1 aliphatic carbocycles. The van der Waals surface area contributed by atoms with Crippen LogP contribution in [0, 0.1) is 10.4 Å². The second-order valence-electron chi connectivity index (χ2n) is 5.60. The van der Waals surface area contributed by atoms with Crippen molar-refractivity contribution >= 4 is 17.8 Å². The van der Waals surface area contributed by atoms with Gasteiger partial charge in [-0.2, -0.15) is 0 Å². The van der Waals surface area contributed by atoms with Crippen LogP contribution in [0.1, 0.15) is 0 Å². The van der Waals surface area contributed by atoms with E-state index in [0.717, 1.165) is 20.9 Å². The van der Waals surface area contributed by atoms with Gasteiger partial charge in [0.1, 0.15) is 5.76 Å². The van der Waals surface area contributed by atoms with E-state index in [4.69, 9.17) is 14.2 Å².